The van der Waals surface area contributed by atoms with Crippen LogP contribution in [0.15, 0.2) is 41.8 Å². The number of aliphatic carboxylic acids is 2. The molecular weight excluding hydrogens is 416 g/mol. The van der Waals surface area contributed by atoms with Gasteiger partial charge in [-0.3, -0.25) is 14.7 Å². The van der Waals surface area contributed by atoms with E-state index in [2.05, 4.69) is 20.5 Å². The minimum Gasteiger partial charge on any atom is -0.480 e. The lowest BCUT2D eigenvalue weighted by Gasteiger charge is -2.35. The quantitative estimate of drug-likeness (QED) is 0.461. The van der Waals surface area contributed by atoms with Crippen LogP contribution < -0.4 is 5.32 Å². The lowest BCUT2D eigenvalue weighted by molar-refractivity contribution is -0.166. The second kappa shape index (κ2) is 7.97. The van der Waals surface area contributed by atoms with E-state index < -0.39 is 28.0 Å². The number of nitrogens with one attached hydrogen (secondary N) is 2. The van der Waals surface area contributed by atoms with E-state index in [4.69, 9.17) is 0 Å². The van der Waals surface area contributed by atoms with E-state index in [1.807, 2.05) is 37.3 Å². The van der Waals surface area contributed by atoms with Gasteiger partial charge in [0.05, 0.1) is 0 Å². The first-order chi connectivity index (χ1) is 13.4. The Bertz CT molecular complexity index is 868. The van der Waals surface area contributed by atoms with Gasteiger partial charge >= 0.3 is 11.9 Å². The Balaban J connectivity index is 0.00000240. The molecule has 0 amide bonds. The molecule has 156 valence electrons. The summed E-state index contributed by atoms with van der Waals surface area (Å²) in [4.78, 5) is 28.7. The largest absolute Gasteiger partial charge is 0.480 e. The summed E-state index contributed by atoms with van der Waals surface area (Å²) in [6, 6.07) is 9.61. The summed E-state index contributed by atoms with van der Waals surface area (Å²) in [6.45, 7) is 2.60. The molecule has 2 aromatic rings. The smallest absolute Gasteiger partial charge is 0.321 e. The molecule has 10 heteroatoms. The van der Waals surface area contributed by atoms with Gasteiger partial charge in [-0.2, -0.15) is 0 Å². The molecular formula is C19H23ClN4O4S. The van der Waals surface area contributed by atoms with Gasteiger partial charge in [0.15, 0.2) is 5.41 Å². The van der Waals surface area contributed by atoms with Crippen molar-refractivity contribution in [1.29, 1.82) is 0 Å². The number of carbonyl (C=O) groups is 2. The molecule has 29 heavy (non-hydrogen) atoms. The van der Waals surface area contributed by atoms with Crippen molar-refractivity contribution in [1.82, 2.24) is 20.5 Å². The molecule has 0 saturated heterocycles. The van der Waals surface area contributed by atoms with Crippen molar-refractivity contribution in [3.8, 4) is 0 Å². The van der Waals surface area contributed by atoms with Crippen LogP contribution in [-0.4, -0.2) is 54.7 Å². The zero-order valence-corrected chi connectivity index (χ0v) is 17.4. The molecule has 0 radical (unpaired) electrons. The Morgan fingerprint density at radius 3 is 2.48 bits per heavy atom. The van der Waals surface area contributed by atoms with Gasteiger partial charge in [0.25, 0.3) is 0 Å². The highest BCUT2D eigenvalue weighted by molar-refractivity contribution is 8.00. The molecule has 4 N–H and O–H groups in total. The Kier molecular flexibility index (Phi) is 5.93. The molecule has 0 spiro atoms. The van der Waals surface area contributed by atoms with E-state index in [-0.39, 0.29) is 30.8 Å². The Hall–Kier alpha value is -2.10. The third-order valence-electron chi connectivity index (χ3n) is 6.01. The summed E-state index contributed by atoms with van der Waals surface area (Å²) in [5, 5.41) is 30.6. The highest BCUT2D eigenvalue weighted by Gasteiger charge is 2.80. The first kappa shape index (κ1) is 21.6. The van der Waals surface area contributed by atoms with Crippen molar-refractivity contribution < 1.29 is 19.8 Å². The monoisotopic (exact) mass is 438 g/mol. The fourth-order valence-electron chi connectivity index (χ4n) is 4.99. The average molecular weight is 439 g/mol. The molecule has 1 aromatic carbocycles. The van der Waals surface area contributed by atoms with Crippen LogP contribution in [0, 0.1) is 17.3 Å². The van der Waals surface area contributed by atoms with Crippen molar-refractivity contribution in [2.24, 2.45) is 17.3 Å². The highest BCUT2D eigenvalue weighted by atomic mass is 35.5. The third kappa shape index (κ3) is 3.41. The van der Waals surface area contributed by atoms with Crippen molar-refractivity contribution in [3.05, 3.63) is 42.2 Å². The van der Waals surface area contributed by atoms with Gasteiger partial charge in [-0.25, -0.2) is 4.98 Å². The number of H-pyrrole nitrogens is 1. The number of thioether (sulfide) groups is 1. The molecule has 2 fully saturated rings. The second-order valence-corrected chi connectivity index (χ2v) is 8.89. The number of aromatic nitrogens is 3. The van der Waals surface area contributed by atoms with Gasteiger partial charge in [-0.1, -0.05) is 49.0 Å². The zero-order chi connectivity index (χ0) is 19.9. The number of aromatic amines is 1. The Morgan fingerprint density at radius 2 is 1.93 bits per heavy atom. The molecule has 2 saturated carbocycles. The van der Waals surface area contributed by atoms with E-state index in [1.165, 1.54) is 18.1 Å². The molecule has 4 atom stereocenters. The summed E-state index contributed by atoms with van der Waals surface area (Å²) in [6.07, 6.45) is 2.07. The van der Waals surface area contributed by atoms with E-state index in [1.54, 1.807) is 0 Å². The third-order valence-corrected chi connectivity index (χ3v) is 7.36. The summed E-state index contributed by atoms with van der Waals surface area (Å²) in [5.74, 6) is -3.08. The molecule has 2 aliphatic carbocycles. The minimum atomic E-state index is -1.81. The van der Waals surface area contributed by atoms with Crippen LogP contribution in [0.2, 0.25) is 0 Å². The van der Waals surface area contributed by atoms with Crippen LogP contribution >= 0.6 is 24.2 Å². The number of benzene rings is 1. The predicted octanol–water partition coefficient (Wildman–Crippen LogP) is 2.08. The maximum atomic E-state index is 12.2. The molecule has 0 unspecified atom stereocenters. The van der Waals surface area contributed by atoms with Crippen LogP contribution in [0.5, 0.6) is 0 Å². The van der Waals surface area contributed by atoms with Crippen LogP contribution in [0.4, 0.5) is 0 Å². The zero-order valence-electron chi connectivity index (χ0n) is 15.7. The van der Waals surface area contributed by atoms with Gasteiger partial charge in [0.2, 0.25) is 5.16 Å². The maximum absolute atomic E-state index is 12.2. The lowest BCUT2D eigenvalue weighted by Crippen LogP contribution is -2.47. The first-order valence-electron chi connectivity index (χ1n) is 9.23. The van der Waals surface area contributed by atoms with E-state index in [0.29, 0.717) is 18.1 Å². The normalized spacial score (nSPS) is 28.9. The van der Waals surface area contributed by atoms with E-state index >= 15 is 0 Å². The Morgan fingerprint density at radius 1 is 1.24 bits per heavy atom. The fraction of sp³-hybridized carbons (Fsp3) is 0.474. The SMILES string of the molecule is CCN[C@@H]1[C@@H]2[C@H]1[C@@](Cc1ccccc1)(Sc1nc[nH]n1)CC2(C(=O)O)C(=O)O.Cl. The van der Waals surface area contributed by atoms with Crippen LogP contribution in [-0.2, 0) is 16.0 Å². The van der Waals surface area contributed by atoms with Gasteiger partial charge in [-0.05, 0) is 30.9 Å². The number of rotatable bonds is 8. The van der Waals surface area contributed by atoms with Crippen molar-refractivity contribution >= 4 is 36.1 Å². The van der Waals surface area contributed by atoms with Gasteiger partial charge in [0, 0.05) is 16.7 Å². The van der Waals surface area contributed by atoms with Crippen molar-refractivity contribution in [2.75, 3.05) is 6.54 Å². The number of carboxylic acid groups (broad SMARTS) is 2. The van der Waals surface area contributed by atoms with Crippen molar-refractivity contribution in [3.63, 3.8) is 0 Å². The van der Waals surface area contributed by atoms with E-state index in [9.17, 15) is 19.8 Å². The summed E-state index contributed by atoms with van der Waals surface area (Å²) >= 11 is 1.40. The number of fused-ring (bicyclic) bond motifs is 1. The topological polar surface area (TPSA) is 128 Å². The number of carboxylic acids is 2. The predicted molar refractivity (Wildman–Crippen MR) is 109 cm³/mol. The molecule has 1 heterocycles. The number of hydrogen-bond donors (Lipinski definition) is 4. The van der Waals surface area contributed by atoms with Gasteiger partial charge in [-0.15, -0.1) is 17.5 Å². The highest BCUT2D eigenvalue weighted by Crippen LogP contribution is 2.71. The summed E-state index contributed by atoms with van der Waals surface area (Å²) in [7, 11) is 0. The molecule has 1 aromatic heterocycles. The fourth-order valence-corrected chi connectivity index (χ4v) is 6.53. The van der Waals surface area contributed by atoms with Gasteiger partial charge < -0.3 is 15.5 Å². The standard InChI is InChI=1S/C19H22N4O4S.ClH/c1-2-20-14-12-13(14)19(15(24)25,16(26)27)9-18(12,28-17-21-10-22-23-17)8-11-6-4-3-5-7-11;/h3-7,10,12-14,20H,2,8-9H2,1H3,(H,24,25)(H,26,27)(H,21,22,23);1H/t12-,13+,14+,18+;/m1./s1. The van der Waals surface area contributed by atoms with Crippen LogP contribution in [0.1, 0.15) is 18.9 Å². The van der Waals surface area contributed by atoms with Crippen LogP contribution in [0.3, 0.4) is 0 Å². The van der Waals surface area contributed by atoms with Gasteiger partial charge in [0.1, 0.15) is 6.33 Å². The Labute approximate surface area is 178 Å². The molecule has 8 nitrogen and oxygen atoms in total. The minimum absolute atomic E-state index is 0. The lowest BCUT2D eigenvalue weighted by atomic mass is 9.78. The second-order valence-electron chi connectivity index (χ2n) is 7.50. The van der Waals surface area contributed by atoms with Crippen LogP contribution in [0.25, 0.3) is 0 Å². The average Bonchev–Trinajstić information content (AvgIpc) is 3.01. The molecule has 4 rings (SSSR count). The number of halogens is 1. The summed E-state index contributed by atoms with van der Waals surface area (Å²) in [5.41, 5.74) is -0.770. The first-order valence-corrected chi connectivity index (χ1v) is 10.0. The molecule has 2 aliphatic rings. The molecule has 0 aliphatic heterocycles. The maximum Gasteiger partial charge on any atom is 0.321 e. The number of hydrogen-bond acceptors (Lipinski definition) is 6. The summed E-state index contributed by atoms with van der Waals surface area (Å²) < 4.78 is -0.627. The number of nitrogens with zero attached hydrogens (tertiary/aromatic N) is 2. The molecule has 0 bridgehead atoms. The van der Waals surface area contributed by atoms with Crippen molar-refractivity contribution in [2.45, 2.75) is 35.7 Å². The van der Waals surface area contributed by atoms with E-state index in [0.717, 1.165) is 5.56 Å².